The van der Waals surface area contributed by atoms with Gasteiger partial charge in [0.1, 0.15) is 6.61 Å². The molecule has 1 fully saturated rings. The van der Waals surface area contributed by atoms with Crippen molar-refractivity contribution in [1.82, 2.24) is 10.2 Å². The Kier molecular flexibility index (Phi) is 6.33. The molecular formula is C17H28N2O2. The number of nitrogens with zero attached hydrogens (tertiary/aromatic N) is 1. The second kappa shape index (κ2) is 8.25. The smallest absolute Gasteiger partial charge is 0.161 e. The lowest BCUT2D eigenvalue weighted by Crippen LogP contribution is -2.46. The molecular weight excluding hydrogens is 264 g/mol. The first kappa shape index (κ1) is 16.1. The molecule has 1 saturated heterocycles. The van der Waals surface area contributed by atoms with Crippen LogP contribution in [0.4, 0.5) is 0 Å². The predicted molar refractivity (Wildman–Crippen MR) is 86.2 cm³/mol. The zero-order chi connectivity index (χ0) is 15.1. The monoisotopic (exact) mass is 292 g/mol. The van der Waals surface area contributed by atoms with Gasteiger partial charge in [-0.05, 0) is 52.4 Å². The average Bonchev–Trinajstić information content (AvgIpc) is 2.49. The summed E-state index contributed by atoms with van der Waals surface area (Å²) in [6, 6.07) is 9.13. The first-order chi connectivity index (χ1) is 10.2. The van der Waals surface area contributed by atoms with Crippen molar-refractivity contribution in [2.75, 3.05) is 33.4 Å². The SMILES string of the molecule is CCOc1ccccc1OCCNC1CCN(C)C(C)C1. The number of hydrogen-bond donors (Lipinski definition) is 1. The van der Waals surface area contributed by atoms with Gasteiger partial charge >= 0.3 is 0 Å². The summed E-state index contributed by atoms with van der Waals surface area (Å²) in [7, 11) is 2.20. The highest BCUT2D eigenvalue weighted by Gasteiger charge is 2.21. The Hall–Kier alpha value is -1.26. The van der Waals surface area contributed by atoms with Crippen LogP contribution in [0, 0.1) is 0 Å². The van der Waals surface area contributed by atoms with Gasteiger partial charge in [0.2, 0.25) is 0 Å². The Morgan fingerprint density at radius 1 is 1.24 bits per heavy atom. The van der Waals surface area contributed by atoms with Gasteiger partial charge in [-0.3, -0.25) is 0 Å². The molecule has 2 atom stereocenters. The largest absolute Gasteiger partial charge is 0.490 e. The minimum absolute atomic E-state index is 0.613. The van der Waals surface area contributed by atoms with E-state index in [1.807, 2.05) is 31.2 Å². The van der Waals surface area contributed by atoms with E-state index in [9.17, 15) is 0 Å². The number of piperidine rings is 1. The van der Waals surface area contributed by atoms with Crippen molar-refractivity contribution < 1.29 is 9.47 Å². The van der Waals surface area contributed by atoms with Gasteiger partial charge in [-0.25, -0.2) is 0 Å². The van der Waals surface area contributed by atoms with Gasteiger partial charge < -0.3 is 19.7 Å². The van der Waals surface area contributed by atoms with Gasteiger partial charge in [0.25, 0.3) is 0 Å². The van der Waals surface area contributed by atoms with E-state index < -0.39 is 0 Å². The molecule has 0 aromatic heterocycles. The lowest BCUT2D eigenvalue weighted by molar-refractivity contribution is 0.164. The third-order valence-corrected chi connectivity index (χ3v) is 4.15. The van der Waals surface area contributed by atoms with Crippen molar-refractivity contribution in [3.63, 3.8) is 0 Å². The summed E-state index contributed by atoms with van der Waals surface area (Å²) in [6.45, 7) is 7.66. The van der Waals surface area contributed by atoms with Crippen molar-refractivity contribution in [1.29, 1.82) is 0 Å². The van der Waals surface area contributed by atoms with Crippen LogP contribution >= 0.6 is 0 Å². The molecule has 0 bridgehead atoms. The molecule has 1 aromatic rings. The molecule has 1 aliphatic heterocycles. The number of para-hydroxylation sites is 2. The molecule has 1 aromatic carbocycles. The molecule has 1 aliphatic rings. The van der Waals surface area contributed by atoms with Crippen LogP contribution < -0.4 is 14.8 Å². The highest BCUT2D eigenvalue weighted by Crippen LogP contribution is 2.26. The lowest BCUT2D eigenvalue weighted by Gasteiger charge is -2.35. The molecule has 1 N–H and O–H groups in total. The molecule has 1 heterocycles. The number of nitrogens with one attached hydrogen (secondary N) is 1. The van der Waals surface area contributed by atoms with E-state index in [0.717, 1.165) is 18.0 Å². The molecule has 118 valence electrons. The van der Waals surface area contributed by atoms with E-state index in [-0.39, 0.29) is 0 Å². The number of likely N-dealkylation sites (tertiary alicyclic amines) is 1. The summed E-state index contributed by atoms with van der Waals surface area (Å²) < 4.78 is 11.4. The van der Waals surface area contributed by atoms with Crippen molar-refractivity contribution in [3.05, 3.63) is 24.3 Å². The number of hydrogen-bond acceptors (Lipinski definition) is 4. The highest BCUT2D eigenvalue weighted by molar-refractivity contribution is 5.39. The van der Waals surface area contributed by atoms with E-state index >= 15 is 0 Å². The van der Waals surface area contributed by atoms with Crippen molar-refractivity contribution >= 4 is 0 Å². The first-order valence-electron chi connectivity index (χ1n) is 7.99. The summed E-state index contributed by atoms with van der Waals surface area (Å²) >= 11 is 0. The number of rotatable bonds is 7. The fraction of sp³-hybridized carbons (Fsp3) is 0.647. The van der Waals surface area contributed by atoms with Crippen LogP contribution in [0.1, 0.15) is 26.7 Å². The van der Waals surface area contributed by atoms with Crippen LogP contribution in [0.15, 0.2) is 24.3 Å². The maximum Gasteiger partial charge on any atom is 0.161 e. The van der Waals surface area contributed by atoms with E-state index in [2.05, 4.69) is 24.2 Å². The molecule has 0 saturated carbocycles. The minimum atomic E-state index is 0.613. The molecule has 0 spiro atoms. The van der Waals surface area contributed by atoms with E-state index in [4.69, 9.17) is 9.47 Å². The Morgan fingerprint density at radius 2 is 1.95 bits per heavy atom. The molecule has 0 aliphatic carbocycles. The molecule has 4 heteroatoms. The first-order valence-corrected chi connectivity index (χ1v) is 7.99. The van der Waals surface area contributed by atoms with Crippen LogP contribution in [0.3, 0.4) is 0 Å². The standard InChI is InChI=1S/C17H28N2O2/c1-4-20-16-7-5-6-8-17(16)21-12-10-18-15-9-11-19(3)14(2)13-15/h5-8,14-15,18H,4,9-13H2,1-3H3. The summed E-state index contributed by atoms with van der Waals surface area (Å²) in [5.74, 6) is 1.66. The van der Waals surface area contributed by atoms with Gasteiger partial charge in [0.05, 0.1) is 6.61 Å². The molecule has 2 unspecified atom stereocenters. The Bertz CT molecular complexity index is 425. The Morgan fingerprint density at radius 3 is 2.62 bits per heavy atom. The van der Waals surface area contributed by atoms with Crippen LogP contribution in [-0.2, 0) is 0 Å². The fourth-order valence-electron chi connectivity index (χ4n) is 2.74. The van der Waals surface area contributed by atoms with Crippen molar-refractivity contribution in [3.8, 4) is 11.5 Å². The van der Waals surface area contributed by atoms with E-state index in [1.165, 1.54) is 19.4 Å². The van der Waals surface area contributed by atoms with Crippen LogP contribution in [-0.4, -0.2) is 50.3 Å². The number of benzene rings is 1. The second-order valence-electron chi connectivity index (χ2n) is 5.73. The Labute approximate surface area is 128 Å². The maximum atomic E-state index is 5.83. The van der Waals surface area contributed by atoms with E-state index in [0.29, 0.717) is 25.3 Å². The van der Waals surface area contributed by atoms with Crippen LogP contribution in [0.25, 0.3) is 0 Å². The predicted octanol–water partition coefficient (Wildman–Crippen LogP) is 2.54. The quantitative estimate of drug-likeness (QED) is 0.783. The number of ether oxygens (including phenoxy) is 2. The van der Waals surface area contributed by atoms with E-state index in [1.54, 1.807) is 0 Å². The molecule has 21 heavy (non-hydrogen) atoms. The minimum Gasteiger partial charge on any atom is -0.490 e. The molecule has 0 radical (unpaired) electrons. The molecule has 0 amide bonds. The lowest BCUT2D eigenvalue weighted by atomic mass is 9.99. The summed E-state index contributed by atoms with van der Waals surface area (Å²) in [4.78, 5) is 2.42. The zero-order valence-corrected chi connectivity index (χ0v) is 13.5. The second-order valence-corrected chi connectivity index (χ2v) is 5.73. The summed E-state index contributed by atoms with van der Waals surface area (Å²) in [5, 5.41) is 3.60. The summed E-state index contributed by atoms with van der Waals surface area (Å²) in [5.41, 5.74) is 0. The third-order valence-electron chi connectivity index (χ3n) is 4.15. The summed E-state index contributed by atoms with van der Waals surface area (Å²) in [6.07, 6.45) is 2.43. The Balaban J connectivity index is 1.70. The highest BCUT2D eigenvalue weighted by atomic mass is 16.5. The zero-order valence-electron chi connectivity index (χ0n) is 13.5. The van der Waals surface area contributed by atoms with Gasteiger partial charge in [-0.1, -0.05) is 12.1 Å². The van der Waals surface area contributed by atoms with Crippen molar-refractivity contribution in [2.45, 2.75) is 38.8 Å². The van der Waals surface area contributed by atoms with Gasteiger partial charge in [0.15, 0.2) is 11.5 Å². The molecule has 4 nitrogen and oxygen atoms in total. The fourth-order valence-corrected chi connectivity index (χ4v) is 2.74. The van der Waals surface area contributed by atoms with Crippen LogP contribution in [0.5, 0.6) is 11.5 Å². The van der Waals surface area contributed by atoms with Gasteiger partial charge in [-0.15, -0.1) is 0 Å². The third kappa shape index (κ3) is 4.90. The molecule has 2 rings (SSSR count). The topological polar surface area (TPSA) is 33.7 Å². The maximum absolute atomic E-state index is 5.83. The van der Waals surface area contributed by atoms with Crippen molar-refractivity contribution in [2.24, 2.45) is 0 Å². The van der Waals surface area contributed by atoms with Gasteiger partial charge in [-0.2, -0.15) is 0 Å². The van der Waals surface area contributed by atoms with Crippen LogP contribution in [0.2, 0.25) is 0 Å². The van der Waals surface area contributed by atoms with Gasteiger partial charge in [0, 0.05) is 18.6 Å². The average molecular weight is 292 g/mol. The normalized spacial score (nSPS) is 23.0.